The maximum Gasteiger partial charge on any atom is 0.307 e. The number of aliphatic carboxylic acids is 1. The van der Waals surface area contributed by atoms with Gasteiger partial charge in [-0.05, 0) is 24.0 Å². The number of amides is 1. The number of benzene rings is 1. The molecule has 0 saturated carbocycles. The summed E-state index contributed by atoms with van der Waals surface area (Å²) in [4.78, 5) is 22.4. The van der Waals surface area contributed by atoms with Gasteiger partial charge in [-0.3, -0.25) is 9.59 Å². The molecule has 1 atom stereocenters. The molecule has 5 heteroatoms. The molecule has 18 heavy (non-hydrogen) atoms. The number of hydrogen-bond acceptors (Lipinski definition) is 3. The van der Waals surface area contributed by atoms with Gasteiger partial charge in [0.1, 0.15) is 0 Å². The zero-order valence-electron chi connectivity index (χ0n) is 10.5. The van der Waals surface area contributed by atoms with Crippen molar-refractivity contribution in [1.82, 2.24) is 0 Å². The van der Waals surface area contributed by atoms with Gasteiger partial charge >= 0.3 is 5.97 Å². The summed E-state index contributed by atoms with van der Waals surface area (Å²) in [5.74, 6) is -0.227. The van der Waals surface area contributed by atoms with Crippen LogP contribution in [0.3, 0.4) is 0 Å². The summed E-state index contributed by atoms with van der Waals surface area (Å²) < 4.78 is 0. The number of rotatable bonds is 6. The number of anilines is 1. The predicted octanol–water partition coefficient (Wildman–Crippen LogP) is 2.25. The van der Waals surface area contributed by atoms with Crippen molar-refractivity contribution in [3.8, 4) is 0 Å². The molecule has 0 aliphatic heterocycles. The Balaban J connectivity index is 2.67. The Morgan fingerprint density at radius 3 is 2.78 bits per heavy atom. The van der Waals surface area contributed by atoms with E-state index in [9.17, 15) is 9.59 Å². The van der Waals surface area contributed by atoms with Gasteiger partial charge in [-0.1, -0.05) is 19.1 Å². The van der Waals surface area contributed by atoms with Gasteiger partial charge in [-0.25, -0.2) is 0 Å². The van der Waals surface area contributed by atoms with Crippen LogP contribution in [0, 0.1) is 5.92 Å². The van der Waals surface area contributed by atoms with Gasteiger partial charge in [-0.15, -0.1) is 0 Å². The van der Waals surface area contributed by atoms with E-state index >= 15 is 0 Å². The summed E-state index contributed by atoms with van der Waals surface area (Å²) in [7, 11) is 0. The molecular weight excluding hydrogens is 250 g/mol. The summed E-state index contributed by atoms with van der Waals surface area (Å²) in [6.07, 6.45) is 1.92. The van der Waals surface area contributed by atoms with Crippen LogP contribution in [0.4, 0.5) is 5.69 Å². The van der Waals surface area contributed by atoms with Crippen molar-refractivity contribution in [2.24, 2.45) is 5.92 Å². The molecule has 0 bridgehead atoms. The molecule has 0 aliphatic rings. The Labute approximate surface area is 111 Å². The lowest BCUT2D eigenvalue weighted by Gasteiger charge is -2.11. The van der Waals surface area contributed by atoms with E-state index in [1.807, 2.05) is 13.2 Å². The maximum atomic E-state index is 11.8. The van der Waals surface area contributed by atoms with Crippen LogP contribution in [-0.2, 0) is 16.0 Å². The van der Waals surface area contributed by atoms with Crippen LogP contribution in [0.2, 0.25) is 0 Å². The van der Waals surface area contributed by atoms with E-state index in [2.05, 4.69) is 5.32 Å². The normalized spacial score (nSPS) is 11.9. The minimum atomic E-state index is -0.880. The molecule has 2 N–H and O–H groups in total. The van der Waals surface area contributed by atoms with Gasteiger partial charge in [0, 0.05) is 17.4 Å². The SMILES string of the molecule is CSCC(C)C(=O)Nc1cccc(CC(=O)O)c1. The summed E-state index contributed by atoms with van der Waals surface area (Å²) >= 11 is 1.62. The minimum absolute atomic E-state index is 0.0376. The summed E-state index contributed by atoms with van der Waals surface area (Å²) in [6.45, 7) is 1.87. The summed E-state index contributed by atoms with van der Waals surface area (Å²) in [6, 6.07) is 6.93. The van der Waals surface area contributed by atoms with Crippen LogP contribution in [0.5, 0.6) is 0 Å². The monoisotopic (exact) mass is 267 g/mol. The number of carboxylic acids is 1. The van der Waals surface area contributed by atoms with Crippen molar-refractivity contribution in [1.29, 1.82) is 0 Å². The first-order valence-electron chi connectivity index (χ1n) is 5.63. The molecule has 0 saturated heterocycles. The molecule has 0 fully saturated rings. The molecule has 0 aliphatic carbocycles. The number of carbonyl (C=O) groups excluding carboxylic acids is 1. The van der Waals surface area contributed by atoms with Gasteiger partial charge in [0.25, 0.3) is 0 Å². The van der Waals surface area contributed by atoms with Crippen LogP contribution >= 0.6 is 11.8 Å². The first-order valence-corrected chi connectivity index (χ1v) is 7.03. The second-order valence-corrected chi connectivity index (χ2v) is 5.03. The average molecular weight is 267 g/mol. The molecule has 0 heterocycles. The molecular formula is C13H17NO3S. The fraction of sp³-hybridized carbons (Fsp3) is 0.385. The highest BCUT2D eigenvalue weighted by atomic mass is 32.2. The number of nitrogens with one attached hydrogen (secondary N) is 1. The van der Waals surface area contributed by atoms with Crippen molar-refractivity contribution >= 4 is 29.3 Å². The van der Waals surface area contributed by atoms with Gasteiger partial charge in [0.05, 0.1) is 6.42 Å². The molecule has 1 unspecified atom stereocenters. The van der Waals surface area contributed by atoms with Crippen LogP contribution in [0.15, 0.2) is 24.3 Å². The third-order valence-corrected chi connectivity index (χ3v) is 3.25. The van der Waals surface area contributed by atoms with E-state index in [4.69, 9.17) is 5.11 Å². The van der Waals surface area contributed by atoms with Gasteiger partial charge in [-0.2, -0.15) is 11.8 Å². The molecule has 1 rings (SSSR count). The van der Waals surface area contributed by atoms with Crippen LogP contribution in [0.25, 0.3) is 0 Å². The third kappa shape index (κ3) is 4.79. The lowest BCUT2D eigenvalue weighted by molar-refractivity contribution is -0.136. The second kappa shape index (κ2) is 7.06. The zero-order valence-corrected chi connectivity index (χ0v) is 11.3. The van der Waals surface area contributed by atoms with Crippen molar-refractivity contribution in [3.05, 3.63) is 29.8 Å². The first-order chi connectivity index (χ1) is 8.52. The van der Waals surface area contributed by atoms with E-state index in [1.165, 1.54) is 0 Å². The Hall–Kier alpha value is -1.49. The van der Waals surface area contributed by atoms with Crippen LogP contribution < -0.4 is 5.32 Å². The topological polar surface area (TPSA) is 66.4 Å². The second-order valence-electron chi connectivity index (χ2n) is 4.12. The Morgan fingerprint density at radius 2 is 2.17 bits per heavy atom. The quantitative estimate of drug-likeness (QED) is 0.829. The number of carbonyl (C=O) groups is 2. The van der Waals surface area contributed by atoms with Crippen molar-refractivity contribution in [2.45, 2.75) is 13.3 Å². The summed E-state index contributed by atoms with van der Waals surface area (Å²) in [5.41, 5.74) is 1.32. The fourth-order valence-corrected chi connectivity index (χ4v) is 2.18. The van der Waals surface area contributed by atoms with Crippen molar-refractivity contribution in [2.75, 3.05) is 17.3 Å². The van der Waals surface area contributed by atoms with Crippen molar-refractivity contribution in [3.63, 3.8) is 0 Å². The highest BCUT2D eigenvalue weighted by Crippen LogP contribution is 2.14. The molecule has 1 aromatic carbocycles. The Morgan fingerprint density at radius 1 is 1.44 bits per heavy atom. The highest BCUT2D eigenvalue weighted by Gasteiger charge is 2.12. The van der Waals surface area contributed by atoms with Crippen molar-refractivity contribution < 1.29 is 14.7 Å². The number of carboxylic acid groups (broad SMARTS) is 1. The Kier molecular flexibility index (Phi) is 5.71. The van der Waals surface area contributed by atoms with Gasteiger partial charge in [0.15, 0.2) is 0 Å². The summed E-state index contributed by atoms with van der Waals surface area (Å²) in [5, 5.41) is 11.5. The lowest BCUT2D eigenvalue weighted by Crippen LogP contribution is -2.22. The van der Waals surface area contributed by atoms with Crippen LogP contribution in [-0.4, -0.2) is 29.0 Å². The highest BCUT2D eigenvalue weighted by molar-refractivity contribution is 7.98. The first kappa shape index (κ1) is 14.6. The third-order valence-electron chi connectivity index (χ3n) is 2.41. The van der Waals surface area contributed by atoms with Gasteiger partial charge in [0.2, 0.25) is 5.91 Å². The van der Waals surface area contributed by atoms with Gasteiger partial charge < -0.3 is 10.4 Å². The molecule has 0 radical (unpaired) electrons. The lowest BCUT2D eigenvalue weighted by atomic mass is 10.1. The van der Waals surface area contributed by atoms with E-state index in [1.54, 1.807) is 36.0 Å². The zero-order chi connectivity index (χ0) is 13.5. The van der Waals surface area contributed by atoms with E-state index < -0.39 is 5.97 Å². The fourth-order valence-electron chi connectivity index (χ4n) is 1.52. The largest absolute Gasteiger partial charge is 0.481 e. The Bertz CT molecular complexity index is 434. The minimum Gasteiger partial charge on any atom is -0.481 e. The molecule has 4 nitrogen and oxygen atoms in total. The molecule has 1 amide bonds. The number of hydrogen-bond donors (Lipinski definition) is 2. The van der Waals surface area contributed by atoms with E-state index in [-0.39, 0.29) is 18.2 Å². The number of thioether (sulfide) groups is 1. The van der Waals surface area contributed by atoms with E-state index in [0.717, 1.165) is 5.75 Å². The van der Waals surface area contributed by atoms with Crippen LogP contribution in [0.1, 0.15) is 12.5 Å². The molecule has 1 aromatic rings. The smallest absolute Gasteiger partial charge is 0.307 e. The maximum absolute atomic E-state index is 11.8. The van der Waals surface area contributed by atoms with E-state index in [0.29, 0.717) is 11.3 Å². The molecule has 0 aromatic heterocycles. The average Bonchev–Trinajstić information content (AvgIpc) is 2.28. The molecule has 98 valence electrons. The molecule has 0 spiro atoms. The standard InChI is InChI=1S/C13H17NO3S/c1-9(8-18-2)13(17)14-11-5-3-4-10(6-11)7-12(15)16/h3-6,9H,7-8H2,1-2H3,(H,14,17)(H,15,16). The predicted molar refractivity (Wildman–Crippen MR) is 74.0 cm³/mol.